The Hall–Kier alpha value is -0.930. The van der Waals surface area contributed by atoms with Crippen molar-refractivity contribution in [2.24, 2.45) is 5.41 Å². The van der Waals surface area contributed by atoms with Crippen LogP contribution in [0.3, 0.4) is 0 Å². The van der Waals surface area contributed by atoms with Crippen LogP contribution in [0.1, 0.15) is 44.6 Å². The summed E-state index contributed by atoms with van der Waals surface area (Å²) in [6.07, 6.45) is 6.27. The van der Waals surface area contributed by atoms with Gasteiger partial charge in [-0.3, -0.25) is 0 Å². The second-order valence-electron chi connectivity index (χ2n) is 6.27. The molecule has 0 atom stereocenters. The van der Waals surface area contributed by atoms with Crippen molar-refractivity contribution >= 4 is 11.6 Å². The third-order valence-electron chi connectivity index (χ3n) is 4.86. The Kier molecular flexibility index (Phi) is 4.60. The van der Waals surface area contributed by atoms with Gasteiger partial charge in [-0.1, -0.05) is 24.9 Å². The van der Waals surface area contributed by atoms with Gasteiger partial charge in [0.1, 0.15) is 0 Å². The molecule has 1 fully saturated rings. The van der Waals surface area contributed by atoms with E-state index < -0.39 is 0 Å². The molecule has 3 nitrogen and oxygen atoms in total. The molecule has 0 aromatic heterocycles. The number of ether oxygens (including phenoxy) is 2. The molecule has 0 bridgehead atoms. The highest BCUT2D eigenvalue weighted by molar-refractivity contribution is 6.32. The molecule has 1 aliphatic carbocycles. The van der Waals surface area contributed by atoms with Crippen LogP contribution < -0.4 is 14.8 Å². The Morgan fingerprint density at radius 1 is 1.19 bits per heavy atom. The lowest BCUT2D eigenvalue weighted by Gasteiger charge is -2.41. The number of hydrogen-bond donors (Lipinski definition) is 1. The number of fused-ring (bicyclic) bond motifs is 1. The van der Waals surface area contributed by atoms with Gasteiger partial charge in [-0.25, -0.2) is 0 Å². The highest BCUT2D eigenvalue weighted by Crippen LogP contribution is 2.43. The summed E-state index contributed by atoms with van der Waals surface area (Å²) in [7, 11) is 0. The molecule has 21 heavy (non-hydrogen) atoms. The molecule has 0 amide bonds. The Morgan fingerprint density at radius 3 is 2.71 bits per heavy atom. The van der Waals surface area contributed by atoms with E-state index in [1.807, 2.05) is 6.07 Å². The van der Waals surface area contributed by atoms with E-state index in [0.29, 0.717) is 29.4 Å². The maximum Gasteiger partial charge on any atom is 0.179 e. The molecule has 0 radical (unpaired) electrons. The van der Waals surface area contributed by atoms with Gasteiger partial charge in [0.2, 0.25) is 0 Å². The molecule has 1 N–H and O–H groups in total. The van der Waals surface area contributed by atoms with Crippen molar-refractivity contribution in [1.82, 2.24) is 5.32 Å². The van der Waals surface area contributed by atoms with Crippen LogP contribution in [0.2, 0.25) is 5.02 Å². The molecule has 1 aromatic carbocycles. The van der Waals surface area contributed by atoms with E-state index >= 15 is 0 Å². The first kappa shape index (κ1) is 15.0. The maximum absolute atomic E-state index is 6.32. The van der Waals surface area contributed by atoms with E-state index in [2.05, 4.69) is 18.3 Å². The van der Waals surface area contributed by atoms with Crippen molar-refractivity contribution in [3.63, 3.8) is 0 Å². The summed E-state index contributed by atoms with van der Waals surface area (Å²) in [6, 6.07) is 4.04. The second-order valence-corrected chi connectivity index (χ2v) is 6.67. The Labute approximate surface area is 132 Å². The van der Waals surface area contributed by atoms with E-state index in [4.69, 9.17) is 21.1 Å². The zero-order chi connectivity index (χ0) is 14.7. The molecule has 0 unspecified atom stereocenters. The minimum atomic E-state index is 0.537. The van der Waals surface area contributed by atoms with E-state index in [1.165, 1.54) is 25.7 Å². The summed E-state index contributed by atoms with van der Waals surface area (Å²) in [5, 5.41) is 4.24. The smallest absolute Gasteiger partial charge is 0.179 e. The fourth-order valence-electron chi connectivity index (χ4n) is 3.19. The van der Waals surface area contributed by atoms with Gasteiger partial charge in [0.25, 0.3) is 0 Å². The molecule has 2 aliphatic rings. The minimum absolute atomic E-state index is 0.537. The maximum atomic E-state index is 6.32. The van der Waals surface area contributed by atoms with Crippen LogP contribution in [0.5, 0.6) is 11.5 Å². The van der Waals surface area contributed by atoms with Gasteiger partial charge in [0.05, 0.1) is 18.2 Å². The first-order valence-corrected chi connectivity index (χ1v) is 8.39. The summed E-state index contributed by atoms with van der Waals surface area (Å²) < 4.78 is 11.4. The van der Waals surface area contributed by atoms with Crippen molar-refractivity contribution in [2.45, 2.75) is 45.6 Å². The number of benzene rings is 1. The molecule has 1 aliphatic heterocycles. The summed E-state index contributed by atoms with van der Waals surface area (Å²) in [5.74, 6) is 1.48. The molecule has 0 spiro atoms. The zero-order valence-electron chi connectivity index (χ0n) is 12.7. The van der Waals surface area contributed by atoms with Gasteiger partial charge >= 0.3 is 0 Å². The average molecular weight is 310 g/mol. The molecule has 1 aromatic rings. The van der Waals surface area contributed by atoms with Crippen molar-refractivity contribution in [3.05, 3.63) is 22.7 Å². The minimum Gasteiger partial charge on any atom is -0.489 e. The number of nitrogens with one attached hydrogen (secondary N) is 1. The molecular formula is C17H24ClNO2. The predicted molar refractivity (Wildman–Crippen MR) is 85.3 cm³/mol. The van der Waals surface area contributed by atoms with E-state index in [0.717, 1.165) is 30.8 Å². The van der Waals surface area contributed by atoms with E-state index in [1.54, 1.807) is 0 Å². The monoisotopic (exact) mass is 309 g/mol. The molecule has 0 saturated heterocycles. The second kappa shape index (κ2) is 6.45. The fraction of sp³-hybridized carbons (Fsp3) is 0.647. The van der Waals surface area contributed by atoms with Gasteiger partial charge in [-0.2, -0.15) is 0 Å². The van der Waals surface area contributed by atoms with Crippen LogP contribution in [0.25, 0.3) is 0 Å². The van der Waals surface area contributed by atoms with Crippen molar-refractivity contribution in [2.75, 3.05) is 19.8 Å². The molecule has 3 rings (SSSR count). The lowest BCUT2D eigenvalue weighted by Crippen LogP contribution is -2.39. The predicted octanol–water partition coefficient (Wildman–Crippen LogP) is 4.17. The zero-order valence-corrected chi connectivity index (χ0v) is 13.5. The summed E-state index contributed by atoms with van der Waals surface area (Å²) in [6.45, 7) is 5.58. The largest absolute Gasteiger partial charge is 0.489 e. The average Bonchev–Trinajstić information content (AvgIpc) is 2.67. The molecule has 4 heteroatoms. The summed E-state index contributed by atoms with van der Waals surface area (Å²) in [5.41, 5.74) is 1.70. The van der Waals surface area contributed by atoms with Gasteiger partial charge in [-0.05, 0) is 42.4 Å². The van der Waals surface area contributed by atoms with Crippen LogP contribution in [-0.2, 0) is 6.54 Å². The standard InChI is InChI=1S/C17H24ClNO2/c1-2-17(5-3-6-17)12-19-11-13-9-14(18)16-15(10-13)20-7-4-8-21-16/h9-10,19H,2-8,11-12H2,1H3. The summed E-state index contributed by atoms with van der Waals surface area (Å²) in [4.78, 5) is 0. The Balaban J connectivity index is 1.63. The topological polar surface area (TPSA) is 30.5 Å². The fourth-order valence-corrected chi connectivity index (χ4v) is 3.48. The lowest BCUT2D eigenvalue weighted by molar-refractivity contribution is 0.124. The molecule has 116 valence electrons. The van der Waals surface area contributed by atoms with E-state index in [9.17, 15) is 0 Å². The third kappa shape index (κ3) is 3.29. The van der Waals surface area contributed by atoms with Crippen LogP contribution in [0, 0.1) is 5.41 Å². The van der Waals surface area contributed by atoms with Gasteiger partial charge < -0.3 is 14.8 Å². The highest BCUT2D eigenvalue weighted by Gasteiger charge is 2.34. The van der Waals surface area contributed by atoms with Crippen molar-refractivity contribution < 1.29 is 9.47 Å². The van der Waals surface area contributed by atoms with Crippen LogP contribution in [0.15, 0.2) is 12.1 Å². The van der Waals surface area contributed by atoms with Crippen molar-refractivity contribution in [1.29, 1.82) is 0 Å². The third-order valence-corrected chi connectivity index (χ3v) is 5.14. The number of rotatable bonds is 5. The van der Waals surface area contributed by atoms with E-state index in [-0.39, 0.29) is 0 Å². The van der Waals surface area contributed by atoms with Crippen molar-refractivity contribution in [3.8, 4) is 11.5 Å². The van der Waals surface area contributed by atoms with Gasteiger partial charge in [0.15, 0.2) is 11.5 Å². The highest BCUT2D eigenvalue weighted by atomic mass is 35.5. The molecule has 1 heterocycles. The van der Waals surface area contributed by atoms with Gasteiger partial charge in [0, 0.05) is 19.5 Å². The molecule has 1 saturated carbocycles. The van der Waals surface area contributed by atoms with Crippen LogP contribution >= 0.6 is 11.6 Å². The van der Waals surface area contributed by atoms with Gasteiger partial charge in [-0.15, -0.1) is 0 Å². The summed E-state index contributed by atoms with van der Waals surface area (Å²) >= 11 is 6.32. The molecular weight excluding hydrogens is 286 g/mol. The SMILES string of the molecule is CCC1(CNCc2cc(Cl)c3c(c2)OCCCO3)CCC1. The number of halogens is 1. The normalized spacial score (nSPS) is 19.7. The number of hydrogen-bond acceptors (Lipinski definition) is 3. The quantitative estimate of drug-likeness (QED) is 0.885. The van der Waals surface area contributed by atoms with Crippen LogP contribution in [0.4, 0.5) is 0 Å². The Morgan fingerprint density at radius 2 is 2.00 bits per heavy atom. The first-order chi connectivity index (χ1) is 10.2. The van der Waals surface area contributed by atoms with Crippen LogP contribution in [-0.4, -0.2) is 19.8 Å². The lowest BCUT2D eigenvalue weighted by atomic mass is 9.67. The Bertz CT molecular complexity index is 494. The first-order valence-electron chi connectivity index (χ1n) is 8.01.